The summed E-state index contributed by atoms with van der Waals surface area (Å²) in [4.78, 5) is 13.5. The zero-order valence-corrected chi connectivity index (χ0v) is 25.5. The van der Waals surface area contributed by atoms with Crippen molar-refractivity contribution in [2.45, 2.75) is 84.9 Å². The Morgan fingerprint density at radius 3 is 2.48 bits per heavy atom. The van der Waals surface area contributed by atoms with E-state index in [2.05, 4.69) is 59.9 Å². The highest BCUT2D eigenvalue weighted by molar-refractivity contribution is 5.73. The number of nitrogens with zero attached hydrogens (tertiary/aromatic N) is 4. The lowest BCUT2D eigenvalue weighted by Crippen LogP contribution is -2.37. The van der Waals surface area contributed by atoms with Crippen LogP contribution in [0.1, 0.15) is 67.0 Å². The van der Waals surface area contributed by atoms with E-state index >= 15 is 0 Å². The van der Waals surface area contributed by atoms with Crippen LogP contribution in [0.2, 0.25) is 0 Å². The summed E-state index contributed by atoms with van der Waals surface area (Å²) in [5.41, 5.74) is 7.63. The van der Waals surface area contributed by atoms with Crippen molar-refractivity contribution in [1.29, 1.82) is 0 Å². The van der Waals surface area contributed by atoms with Crippen LogP contribution in [0, 0.1) is 20.8 Å². The van der Waals surface area contributed by atoms with Crippen molar-refractivity contribution < 1.29 is 18.3 Å². The summed E-state index contributed by atoms with van der Waals surface area (Å²) >= 11 is 0. The number of aromatic nitrogens is 2. The fourth-order valence-corrected chi connectivity index (χ4v) is 6.11. The molecule has 0 unspecified atom stereocenters. The van der Waals surface area contributed by atoms with Gasteiger partial charge in [0.15, 0.2) is 0 Å². The van der Waals surface area contributed by atoms with Crippen LogP contribution in [0.5, 0.6) is 11.8 Å². The minimum absolute atomic E-state index is 0.0460. The quantitative estimate of drug-likeness (QED) is 0.226. The van der Waals surface area contributed by atoms with Gasteiger partial charge in [-0.2, -0.15) is 0 Å². The summed E-state index contributed by atoms with van der Waals surface area (Å²) in [6.45, 7) is 12.3. The largest absolute Gasteiger partial charge is 0.493 e. The van der Waals surface area contributed by atoms with Crippen LogP contribution in [0.15, 0.2) is 42.6 Å². The molecule has 6 nitrogen and oxygen atoms in total. The number of benzene rings is 2. The van der Waals surface area contributed by atoms with Crippen LogP contribution in [0.4, 0.5) is 8.78 Å². The summed E-state index contributed by atoms with van der Waals surface area (Å²) in [6, 6.07) is 13.3. The Labute approximate surface area is 249 Å². The molecule has 0 spiro atoms. The Bertz CT molecular complexity index is 1370. The van der Waals surface area contributed by atoms with Crippen molar-refractivity contribution in [3.05, 3.63) is 70.5 Å². The summed E-state index contributed by atoms with van der Waals surface area (Å²) in [5, 5.41) is 0. The maximum atomic E-state index is 13.4. The molecular weight excluding hydrogens is 534 g/mol. The summed E-state index contributed by atoms with van der Waals surface area (Å²) < 4.78 is 39.1. The van der Waals surface area contributed by atoms with Gasteiger partial charge >= 0.3 is 6.01 Å². The van der Waals surface area contributed by atoms with E-state index in [0.29, 0.717) is 44.8 Å². The lowest BCUT2D eigenvalue weighted by Gasteiger charge is -2.33. The van der Waals surface area contributed by atoms with Crippen molar-refractivity contribution in [1.82, 2.24) is 19.8 Å². The van der Waals surface area contributed by atoms with Crippen molar-refractivity contribution in [3.63, 3.8) is 0 Å². The van der Waals surface area contributed by atoms with E-state index in [4.69, 9.17) is 9.47 Å². The molecule has 5 rings (SSSR count). The predicted octanol–water partition coefficient (Wildman–Crippen LogP) is 7.13. The van der Waals surface area contributed by atoms with Gasteiger partial charge in [0.25, 0.3) is 5.92 Å². The number of halogens is 2. The molecule has 3 heterocycles. The molecule has 0 aliphatic carbocycles. The van der Waals surface area contributed by atoms with Crippen molar-refractivity contribution in [2.24, 2.45) is 0 Å². The zero-order chi connectivity index (χ0) is 29.7. The van der Waals surface area contributed by atoms with Crippen LogP contribution in [-0.2, 0) is 13.2 Å². The normalized spacial score (nSPS) is 19.2. The molecule has 8 heteroatoms. The molecule has 226 valence electrons. The zero-order valence-electron chi connectivity index (χ0n) is 25.5. The molecule has 0 N–H and O–H groups in total. The molecule has 0 bridgehead atoms. The maximum Gasteiger partial charge on any atom is 0.316 e. The van der Waals surface area contributed by atoms with Gasteiger partial charge in [0.05, 0.1) is 13.2 Å². The molecule has 2 fully saturated rings. The highest BCUT2D eigenvalue weighted by atomic mass is 19.3. The number of hydrogen-bond donors (Lipinski definition) is 0. The molecule has 0 radical (unpaired) electrons. The maximum absolute atomic E-state index is 13.4. The number of hydrogen-bond acceptors (Lipinski definition) is 6. The Hall–Kier alpha value is -3.10. The first kappa shape index (κ1) is 30.4. The third kappa shape index (κ3) is 7.45. The lowest BCUT2D eigenvalue weighted by atomic mass is 9.93. The molecular formula is C34H44F2N4O2. The van der Waals surface area contributed by atoms with Crippen molar-refractivity contribution in [3.8, 4) is 22.9 Å². The standard InChI is InChI=1S/C34H44F2N4O2/c1-24-10-5-6-17-40(24)21-29-20-37-33(38-27(29)4)42-22-28-11-7-12-30(25(28)2)31-13-8-14-32(26(31)3)41-19-9-16-39-18-15-34(35,36)23-39/h7-8,11-14,20,24H,5-6,9-10,15-19,21-23H2,1-4H3/t24-/m1/s1. The molecule has 3 aromatic rings. The number of ether oxygens (including phenoxy) is 2. The predicted molar refractivity (Wildman–Crippen MR) is 162 cm³/mol. The van der Waals surface area contributed by atoms with Gasteiger partial charge in [-0.1, -0.05) is 36.8 Å². The third-order valence-electron chi connectivity index (χ3n) is 8.87. The highest BCUT2D eigenvalue weighted by Gasteiger charge is 2.37. The molecule has 2 aromatic carbocycles. The second kappa shape index (κ2) is 13.5. The van der Waals surface area contributed by atoms with E-state index in [9.17, 15) is 8.78 Å². The first-order valence-electron chi connectivity index (χ1n) is 15.3. The molecule has 42 heavy (non-hydrogen) atoms. The SMILES string of the molecule is Cc1nc(OCc2cccc(-c3cccc(OCCCN4CCC(F)(F)C4)c3C)c2C)ncc1CN1CCCC[C@H]1C. The summed E-state index contributed by atoms with van der Waals surface area (Å²) in [7, 11) is 0. The van der Waals surface area contributed by atoms with E-state index in [1.165, 1.54) is 19.3 Å². The van der Waals surface area contributed by atoms with Gasteiger partial charge in [-0.15, -0.1) is 0 Å². The van der Waals surface area contributed by atoms with E-state index in [1.807, 2.05) is 30.2 Å². The Morgan fingerprint density at radius 2 is 1.74 bits per heavy atom. The summed E-state index contributed by atoms with van der Waals surface area (Å²) in [6.07, 6.45) is 6.40. The van der Waals surface area contributed by atoms with Crippen LogP contribution < -0.4 is 9.47 Å². The number of alkyl halides is 2. The van der Waals surface area contributed by atoms with Crippen molar-refractivity contribution in [2.75, 3.05) is 32.8 Å². The van der Waals surface area contributed by atoms with Gasteiger partial charge in [0.1, 0.15) is 12.4 Å². The minimum Gasteiger partial charge on any atom is -0.493 e. The topological polar surface area (TPSA) is 50.7 Å². The smallest absolute Gasteiger partial charge is 0.316 e. The van der Waals surface area contributed by atoms with Gasteiger partial charge in [0.2, 0.25) is 0 Å². The second-order valence-electron chi connectivity index (χ2n) is 12.0. The molecule has 2 saturated heterocycles. The van der Waals surface area contributed by atoms with Gasteiger partial charge in [-0.25, -0.2) is 18.7 Å². The van der Waals surface area contributed by atoms with E-state index < -0.39 is 5.92 Å². The van der Waals surface area contributed by atoms with E-state index in [0.717, 1.165) is 57.9 Å². The highest BCUT2D eigenvalue weighted by Crippen LogP contribution is 2.34. The fraction of sp³-hybridized carbons (Fsp3) is 0.529. The van der Waals surface area contributed by atoms with E-state index in [1.54, 1.807) is 0 Å². The number of aryl methyl sites for hydroxylation is 1. The number of likely N-dealkylation sites (tertiary alicyclic amines) is 2. The average Bonchev–Trinajstić information content (AvgIpc) is 3.32. The average molecular weight is 579 g/mol. The monoisotopic (exact) mass is 578 g/mol. The van der Waals surface area contributed by atoms with Crippen LogP contribution in [0.25, 0.3) is 11.1 Å². The van der Waals surface area contributed by atoms with Gasteiger partial charge in [0, 0.05) is 49.6 Å². The fourth-order valence-electron chi connectivity index (χ4n) is 6.11. The van der Waals surface area contributed by atoms with Crippen LogP contribution in [-0.4, -0.2) is 64.5 Å². The molecule has 0 saturated carbocycles. The third-order valence-corrected chi connectivity index (χ3v) is 8.87. The number of rotatable bonds is 11. The Morgan fingerprint density at radius 1 is 0.952 bits per heavy atom. The first-order chi connectivity index (χ1) is 20.2. The van der Waals surface area contributed by atoms with E-state index in [-0.39, 0.29) is 13.0 Å². The molecule has 1 aromatic heterocycles. The number of piperidine rings is 1. The first-order valence-corrected chi connectivity index (χ1v) is 15.3. The van der Waals surface area contributed by atoms with Crippen molar-refractivity contribution >= 4 is 0 Å². The second-order valence-corrected chi connectivity index (χ2v) is 12.0. The van der Waals surface area contributed by atoms with Gasteiger partial charge in [-0.3, -0.25) is 9.80 Å². The lowest BCUT2D eigenvalue weighted by molar-refractivity contribution is 0.0118. The summed E-state index contributed by atoms with van der Waals surface area (Å²) in [5.74, 6) is -1.73. The van der Waals surface area contributed by atoms with Crippen LogP contribution >= 0.6 is 0 Å². The van der Waals surface area contributed by atoms with Gasteiger partial charge < -0.3 is 9.47 Å². The van der Waals surface area contributed by atoms with Gasteiger partial charge in [-0.05, 0) is 87.4 Å². The molecule has 2 aliphatic rings. The molecule has 0 amide bonds. The Balaban J connectivity index is 1.19. The Kier molecular flexibility index (Phi) is 9.74. The molecule has 1 atom stereocenters. The molecule has 2 aliphatic heterocycles. The van der Waals surface area contributed by atoms with Crippen LogP contribution in [0.3, 0.4) is 0 Å². The minimum atomic E-state index is -2.55.